The molecule has 0 unspecified atom stereocenters. The highest BCUT2D eigenvalue weighted by Crippen LogP contribution is 2.50. The molecule has 2 aromatic rings. The molecule has 0 aromatic carbocycles. The van der Waals surface area contributed by atoms with Gasteiger partial charge in [-0.15, -0.1) is 0 Å². The molecule has 26 heavy (non-hydrogen) atoms. The molecule has 2 saturated carbocycles. The third-order valence-corrected chi connectivity index (χ3v) is 6.64. The average molecular weight is 354 g/mol. The molecule has 2 atom stereocenters. The lowest BCUT2D eigenvalue weighted by molar-refractivity contribution is 0.0774. The van der Waals surface area contributed by atoms with Crippen molar-refractivity contribution in [2.45, 2.75) is 57.3 Å². The number of hydrogen-bond donors (Lipinski definition) is 1. The maximum Gasteiger partial charge on any atom is 0.255 e. The number of aryl methyl sites for hydroxylation is 1. The highest BCUT2D eigenvalue weighted by atomic mass is 16.5. The fourth-order valence-corrected chi connectivity index (χ4v) is 4.98. The van der Waals surface area contributed by atoms with Crippen molar-refractivity contribution in [2.75, 3.05) is 13.1 Å². The number of likely N-dealkylation sites (tertiary alicyclic amines) is 1. The first-order valence-electron chi connectivity index (χ1n) is 9.98. The van der Waals surface area contributed by atoms with Crippen molar-refractivity contribution in [2.24, 2.45) is 11.8 Å². The van der Waals surface area contributed by atoms with Gasteiger partial charge in [-0.3, -0.25) is 4.79 Å². The summed E-state index contributed by atoms with van der Waals surface area (Å²) in [4.78, 5) is 23.1. The van der Waals surface area contributed by atoms with Crippen LogP contribution in [0, 0.1) is 11.8 Å². The highest BCUT2D eigenvalue weighted by Gasteiger charge is 2.55. The molecule has 1 amide bonds. The lowest BCUT2D eigenvalue weighted by Crippen LogP contribution is -2.35. The second kappa shape index (κ2) is 5.96. The van der Waals surface area contributed by atoms with E-state index in [9.17, 15) is 4.79 Å². The fraction of sp³-hybridized carbons (Fsp3) is 0.650. The Labute approximate surface area is 153 Å². The number of carbonyl (C=O) groups is 1. The largest absolute Gasteiger partial charge is 0.364 e. The van der Waals surface area contributed by atoms with Gasteiger partial charge in [0.25, 0.3) is 5.91 Å². The van der Waals surface area contributed by atoms with E-state index < -0.39 is 0 Å². The monoisotopic (exact) mass is 354 g/mol. The minimum atomic E-state index is -0.132. The topological polar surface area (TPSA) is 75.0 Å². The van der Waals surface area contributed by atoms with Gasteiger partial charge < -0.3 is 14.4 Å². The van der Waals surface area contributed by atoms with Crippen LogP contribution in [0.25, 0.3) is 0 Å². The van der Waals surface area contributed by atoms with Gasteiger partial charge in [-0.05, 0) is 50.0 Å². The van der Waals surface area contributed by atoms with Gasteiger partial charge in [0.2, 0.25) is 5.89 Å². The molecular formula is C20H26N4O2. The molecule has 3 heterocycles. The third-order valence-electron chi connectivity index (χ3n) is 6.64. The number of hydrogen-bond acceptors (Lipinski definition) is 4. The number of amides is 1. The lowest BCUT2D eigenvalue weighted by atomic mass is 9.80. The van der Waals surface area contributed by atoms with Gasteiger partial charge in [0, 0.05) is 31.4 Å². The van der Waals surface area contributed by atoms with Gasteiger partial charge in [-0.25, -0.2) is 0 Å². The first-order chi connectivity index (χ1) is 12.7. The molecule has 0 bridgehead atoms. The van der Waals surface area contributed by atoms with Crippen LogP contribution in [-0.2, 0) is 18.3 Å². The summed E-state index contributed by atoms with van der Waals surface area (Å²) in [6.07, 6.45) is 9.57. The molecule has 1 aliphatic heterocycles. The second-order valence-electron chi connectivity index (χ2n) is 8.32. The van der Waals surface area contributed by atoms with Crippen molar-refractivity contribution in [3.05, 3.63) is 35.2 Å². The Morgan fingerprint density at radius 3 is 3.12 bits per heavy atom. The SMILES string of the molecule is CCc1[nH]ccc1C(=O)N1C[C@H]2CCC[C@@]2(c2nc(CC3CC3)no2)C1. The highest BCUT2D eigenvalue weighted by molar-refractivity contribution is 5.95. The molecule has 3 aliphatic rings. The summed E-state index contributed by atoms with van der Waals surface area (Å²) in [6.45, 7) is 3.58. The smallest absolute Gasteiger partial charge is 0.255 e. The van der Waals surface area contributed by atoms with Gasteiger partial charge in [-0.2, -0.15) is 4.98 Å². The minimum absolute atomic E-state index is 0.132. The number of H-pyrrole nitrogens is 1. The summed E-state index contributed by atoms with van der Waals surface area (Å²) in [6, 6.07) is 1.91. The molecular weight excluding hydrogens is 328 g/mol. The van der Waals surface area contributed by atoms with E-state index in [0.29, 0.717) is 12.5 Å². The van der Waals surface area contributed by atoms with Crippen LogP contribution in [-0.4, -0.2) is 39.0 Å². The Kier molecular flexibility index (Phi) is 3.69. The quantitative estimate of drug-likeness (QED) is 0.895. The molecule has 5 rings (SSSR count). The maximum atomic E-state index is 13.1. The zero-order chi connectivity index (χ0) is 17.7. The van der Waals surface area contributed by atoms with E-state index in [-0.39, 0.29) is 11.3 Å². The van der Waals surface area contributed by atoms with Crippen molar-refractivity contribution < 1.29 is 9.32 Å². The summed E-state index contributed by atoms with van der Waals surface area (Å²) >= 11 is 0. The Morgan fingerprint density at radius 1 is 1.42 bits per heavy atom. The molecule has 138 valence electrons. The van der Waals surface area contributed by atoms with Crippen LogP contribution < -0.4 is 0 Å². The van der Waals surface area contributed by atoms with Crippen LogP contribution in [0.2, 0.25) is 0 Å². The van der Waals surface area contributed by atoms with E-state index >= 15 is 0 Å². The molecule has 1 N–H and O–H groups in total. The molecule has 6 heteroatoms. The van der Waals surface area contributed by atoms with Crippen molar-refractivity contribution >= 4 is 5.91 Å². The van der Waals surface area contributed by atoms with Gasteiger partial charge >= 0.3 is 0 Å². The molecule has 2 aromatic heterocycles. The first-order valence-corrected chi connectivity index (χ1v) is 9.98. The third kappa shape index (κ3) is 2.49. The second-order valence-corrected chi connectivity index (χ2v) is 8.32. The van der Waals surface area contributed by atoms with Gasteiger partial charge in [-0.1, -0.05) is 18.5 Å². The number of rotatable bonds is 5. The van der Waals surface area contributed by atoms with E-state index in [1.165, 1.54) is 19.3 Å². The molecule has 1 saturated heterocycles. The summed E-state index contributed by atoms with van der Waals surface area (Å²) in [5.74, 6) is 2.95. The Hall–Kier alpha value is -2.11. The predicted octanol–water partition coefficient (Wildman–Crippen LogP) is 3.11. The summed E-state index contributed by atoms with van der Waals surface area (Å²) in [5, 5.41) is 4.25. The van der Waals surface area contributed by atoms with E-state index in [1.54, 1.807) is 0 Å². The standard InChI is InChI=1S/C20H26N4O2/c1-2-16-15(7-9-21-16)18(25)24-11-14-4-3-8-20(14,12-24)19-22-17(23-26-19)10-13-5-6-13/h7,9,13-14,21H,2-6,8,10-12H2,1H3/t14-,20-/m1/s1. The van der Waals surface area contributed by atoms with Crippen molar-refractivity contribution in [3.63, 3.8) is 0 Å². The molecule has 2 aliphatic carbocycles. The zero-order valence-electron chi connectivity index (χ0n) is 15.3. The van der Waals surface area contributed by atoms with Crippen LogP contribution in [0.3, 0.4) is 0 Å². The number of carbonyl (C=O) groups excluding carboxylic acids is 1. The van der Waals surface area contributed by atoms with Crippen molar-refractivity contribution in [3.8, 4) is 0 Å². The number of nitrogens with zero attached hydrogens (tertiary/aromatic N) is 3. The normalized spacial score (nSPS) is 27.9. The van der Waals surface area contributed by atoms with E-state index in [1.807, 2.05) is 17.2 Å². The van der Waals surface area contributed by atoms with Crippen LogP contribution in [0.1, 0.15) is 66.8 Å². The average Bonchev–Trinajstić information content (AvgIpc) is 3.06. The number of aromatic amines is 1. The van der Waals surface area contributed by atoms with Gasteiger partial charge in [0.1, 0.15) is 0 Å². The minimum Gasteiger partial charge on any atom is -0.364 e. The molecule has 3 fully saturated rings. The van der Waals surface area contributed by atoms with Gasteiger partial charge in [0.05, 0.1) is 11.0 Å². The Morgan fingerprint density at radius 2 is 2.31 bits per heavy atom. The predicted molar refractivity (Wildman–Crippen MR) is 95.8 cm³/mol. The molecule has 6 nitrogen and oxygen atoms in total. The summed E-state index contributed by atoms with van der Waals surface area (Å²) in [5.41, 5.74) is 1.70. The van der Waals surface area contributed by atoms with Crippen LogP contribution in [0.5, 0.6) is 0 Å². The van der Waals surface area contributed by atoms with Crippen molar-refractivity contribution in [1.82, 2.24) is 20.0 Å². The number of fused-ring (bicyclic) bond motifs is 1. The maximum absolute atomic E-state index is 13.1. The summed E-state index contributed by atoms with van der Waals surface area (Å²) < 4.78 is 5.74. The lowest BCUT2D eigenvalue weighted by Gasteiger charge is -2.24. The van der Waals surface area contributed by atoms with E-state index in [4.69, 9.17) is 9.51 Å². The van der Waals surface area contributed by atoms with Crippen LogP contribution in [0.15, 0.2) is 16.8 Å². The van der Waals surface area contributed by atoms with Gasteiger partial charge in [0.15, 0.2) is 5.82 Å². The molecule has 0 spiro atoms. The number of nitrogens with one attached hydrogen (secondary N) is 1. The fourth-order valence-electron chi connectivity index (χ4n) is 4.98. The Bertz CT molecular complexity index is 821. The van der Waals surface area contributed by atoms with Crippen LogP contribution in [0.4, 0.5) is 0 Å². The zero-order valence-corrected chi connectivity index (χ0v) is 15.3. The summed E-state index contributed by atoms with van der Waals surface area (Å²) in [7, 11) is 0. The van der Waals surface area contributed by atoms with Crippen molar-refractivity contribution in [1.29, 1.82) is 0 Å². The number of aromatic nitrogens is 3. The first kappa shape index (κ1) is 16.1. The Balaban J connectivity index is 1.40. The van der Waals surface area contributed by atoms with E-state index in [0.717, 1.165) is 61.1 Å². The molecule has 0 radical (unpaired) electrons. The van der Waals surface area contributed by atoms with Crippen LogP contribution >= 0.6 is 0 Å². The van der Waals surface area contributed by atoms with E-state index in [2.05, 4.69) is 17.1 Å².